The molecule has 0 radical (unpaired) electrons. The molecule has 0 unspecified atom stereocenters. The number of carbonyl (C=O) groups excluding carboxylic acids is 2. The number of carbonyl (C=O) groups is 2. The van der Waals surface area contributed by atoms with Gasteiger partial charge >= 0.3 is 0 Å². The van der Waals surface area contributed by atoms with Crippen LogP contribution in [0.1, 0.15) is 28.2 Å². The van der Waals surface area contributed by atoms with Crippen molar-refractivity contribution in [3.63, 3.8) is 0 Å². The molecule has 33 heavy (non-hydrogen) atoms. The summed E-state index contributed by atoms with van der Waals surface area (Å²) in [5.41, 5.74) is 4.15. The second-order valence-electron chi connectivity index (χ2n) is 7.89. The first-order valence-corrected chi connectivity index (χ1v) is 11.2. The highest BCUT2D eigenvalue weighted by Crippen LogP contribution is 2.19. The molecule has 0 saturated heterocycles. The largest absolute Gasteiger partial charge is 0.352 e. The first-order chi connectivity index (χ1) is 16.0. The van der Waals surface area contributed by atoms with Crippen LogP contribution in [0.4, 0.5) is 5.69 Å². The number of nitrogens with zero attached hydrogens (tertiary/aromatic N) is 2. The van der Waals surface area contributed by atoms with E-state index in [1.54, 1.807) is 24.3 Å². The summed E-state index contributed by atoms with van der Waals surface area (Å²) in [4.78, 5) is 29.8. The third-order valence-corrected chi connectivity index (χ3v) is 5.56. The molecule has 4 rings (SSSR count). The van der Waals surface area contributed by atoms with Crippen molar-refractivity contribution >= 4 is 40.1 Å². The lowest BCUT2D eigenvalue weighted by molar-refractivity contribution is -0.116. The summed E-state index contributed by atoms with van der Waals surface area (Å²) in [5.74, 6) is 0.556. The smallest absolute Gasteiger partial charge is 0.251 e. The molecule has 1 aromatic heterocycles. The SMILES string of the molecule is Cc1ccc(C(=O)NCCCc2nc3ccccc3n2CC(=O)Nc2cccc(Cl)c2)cc1. The maximum atomic E-state index is 12.7. The van der Waals surface area contributed by atoms with E-state index in [1.165, 1.54) is 0 Å². The average molecular weight is 461 g/mol. The third-order valence-electron chi connectivity index (χ3n) is 5.32. The van der Waals surface area contributed by atoms with Crippen LogP contribution in [0.3, 0.4) is 0 Å². The first-order valence-electron chi connectivity index (χ1n) is 10.8. The van der Waals surface area contributed by atoms with E-state index < -0.39 is 0 Å². The van der Waals surface area contributed by atoms with Crippen LogP contribution in [0.15, 0.2) is 72.8 Å². The van der Waals surface area contributed by atoms with E-state index in [0.29, 0.717) is 35.7 Å². The standard InChI is InChI=1S/C26H25ClN4O2/c1-18-11-13-19(14-12-18)26(33)28-15-5-10-24-30-22-8-2-3-9-23(22)31(24)17-25(32)29-21-7-4-6-20(27)16-21/h2-4,6-9,11-14,16H,5,10,15,17H2,1H3,(H,28,33)(H,29,32). The van der Waals surface area contributed by atoms with Gasteiger partial charge in [0.05, 0.1) is 11.0 Å². The zero-order valence-electron chi connectivity index (χ0n) is 18.3. The lowest BCUT2D eigenvalue weighted by Gasteiger charge is -2.11. The summed E-state index contributed by atoms with van der Waals surface area (Å²) in [6.45, 7) is 2.64. The predicted octanol–water partition coefficient (Wildman–Crippen LogP) is 5.00. The van der Waals surface area contributed by atoms with Gasteiger partial charge in [0.25, 0.3) is 5.91 Å². The molecule has 0 atom stereocenters. The van der Waals surface area contributed by atoms with E-state index in [1.807, 2.05) is 60.0 Å². The molecule has 6 nitrogen and oxygen atoms in total. The van der Waals surface area contributed by atoms with Crippen LogP contribution in [0.2, 0.25) is 5.02 Å². The zero-order valence-corrected chi connectivity index (χ0v) is 19.1. The number of rotatable bonds is 8. The van der Waals surface area contributed by atoms with Crippen LogP contribution in [0, 0.1) is 6.92 Å². The van der Waals surface area contributed by atoms with Crippen LogP contribution in [0.25, 0.3) is 11.0 Å². The minimum atomic E-state index is -0.158. The second kappa shape index (κ2) is 10.3. The fourth-order valence-corrected chi connectivity index (χ4v) is 3.85. The number of fused-ring (bicyclic) bond motifs is 1. The fourth-order valence-electron chi connectivity index (χ4n) is 3.66. The lowest BCUT2D eigenvalue weighted by atomic mass is 10.1. The van der Waals surface area contributed by atoms with E-state index in [4.69, 9.17) is 16.6 Å². The minimum Gasteiger partial charge on any atom is -0.352 e. The molecule has 0 spiro atoms. The normalized spacial score (nSPS) is 10.8. The maximum absolute atomic E-state index is 12.7. The number of imidazole rings is 1. The highest BCUT2D eigenvalue weighted by atomic mass is 35.5. The Bertz CT molecular complexity index is 1280. The van der Waals surface area contributed by atoms with Crippen molar-refractivity contribution in [2.75, 3.05) is 11.9 Å². The molecule has 0 aliphatic heterocycles. The van der Waals surface area contributed by atoms with Crippen molar-refractivity contribution in [3.05, 3.63) is 94.8 Å². The summed E-state index contributed by atoms with van der Waals surface area (Å²) in [6, 6.07) is 22.3. The lowest BCUT2D eigenvalue weighted by Crippen LogP contribution is -2.25. The number of aromatic nitrogens is 2. The molecule has 0 aliphatic carbocycles. The molecule has 0 fully saturated rings. The van der Waals surface area contributed by atoms with Gasteiger partial charge in [0.1, 0.15) is 12.4 Å². The summed E-state index contributed by atoms with van der Waals surface area (Å²) in [5, 5.41) is 6.41. The van der Waals surface area contributed by atoms with E-state index >= 15 is 0 Å². The number of halogens is 1. The molecule has 168 valence electrons. The summed E-state index contributed by atoms with van der Waals surface area (Å²) < 4.78 is 1.93. The number of hydrogen-bond donors (Lipinski definition) is 2. The Morgan fingerprint density at radius 2 is 1.79 bits per heavy atom. The maximum Gasteiger partial charge on any atom is 0.251 e. The van der Waals surface area contributed by atoms with Crippen LogP contribution in [-0.4, -0.2) is 27.9 Å². The van der Waals surface area contributed by atoms with Gasteiger partial charge in [-0.1, -0.05) is 47.5 Å². The van der Waals surface area contributed by atoms with Crippen LogP contribution in [0.5, 0.6) is 0 Å². The van der Waals surface area contributed by atoms with Gasteiger partial charge in [-0.15, -0.1) is 0 Å². The second-order valence-corrected chi connectivity index (χ2v) is 8.32. The van der Waals surface area contributed by atoms with Crippen molar-refractivity contribution in [3.8, 4) is 0 Å². The topological polar surface area (TPSA) is 76.0 Å². The molecular weight excluding hydrogens is 436 g/mol. The van der Waals surface area contributed by atoms with Crippen molar-refractivity contribution in [1.29, 1.82) is 0 Å². The predicted molar refractivity (Wildman–Crippen MR) is 132 cm³/mol. The van der Waals surface area contributed by atoms with E-state index in [2.05, 4.69) is 10.6 Å². The monoisotopic (exact) mass is 460 g/mol. The van der Waals surface area contributed by atoms with Crippen molar-refractivity contribution < 1.29 is 9.59 Å². The summed E-state index contributed by atoms with van der Waals surface area (Å²) in [6.07, 6.45) is 1.34. The van der Waals surface area contributed by atoms with Crippen LogP contribution >= 0.6 is 11.6 Å². The molecule has 2 amide bonds. The molecule has 7 heteroatoms. The Morgan fingerprint density at radius 3 is 2.58 bits per heavy atom. The quantitative estimate of drug-likeness (QED) is 0.363. The van der Waals surface area contributed by atoms with Crippen molar-refractivity contribution in [2.24, 2.45) is 0 Å². The Hall–Kier alpha value is -3.64. The number of aryl methyl sites for hydroxylation is 2. The first kappa shape index (κ1) is 22.6. The third kappa shape index (κ3) is 5.79. The number of nitrogens with one attached hydrogen (secondary N) is 2. The van der Waals surface area contributed by atoms with Gasteiger partial charge in [-0.3, -0.25) is 9.59 Å². The molecule has 3 aromatic carbocycles. The molecule has 0 saturated carbocycles. The van der Waals surface area contributed by atoms with E-state index in [9.17, 15) is 9.59 Å². The van der Waals surface area contributed by atoms with E-state index in [0.717, 1.165) is 22.4 Å². The molecular formula is C26H25ClN4O2. The highest BCUT2D eigenvalue weighted by molar-refractivity contribution is 6.30. The van der Waals surface area contributed by atoms with Gasteiger partial charge in [0.2, 0.25) is 5.91 Å². The Morgan fingerprint density at radius 1 is 1.00 bits per heavy atom. The highest BCUT2D eigenvalue weighted by Gasteiger charge is 2.14. The van der Waals surface area contributed by atoms with Gasteiger partial charge < -0.3 is 15.2 Å². The Labute approximate surface area is 197 Å². The van der Waals surface area contributed by atoms with Gasteiger partial charge in [0.15, 0.2) is 0 Å². The number of amides is 2. The number of para-hydroxylation sites is 2. The van der Waals surface area contributed by atoms with E-state index in [-0.39, 0.29) is 18.4 Å². The summed E-state index contributed by atoms with van der Waals surface area (Å²) >= 11 is 6.02. The fraction of sp³-hybridized carbons (Fsp3) is 0.192. The molecule has 1 heterocycles. The van der Waals surface area contributed by atoms with Crippen molar-refractivity contribution in [2.45, 2.75) is 26.3 Å². The number of benzene rings is 3. The zero-order chi connectivity index (χ0) is 23.2. The minimum absolute atomic E-state index is 0.0931. The molecule has 0 aliphatic rings. The number of hydrogen-bond acceptors (Lipinski definition) is 3. The molecule has 4 aromatic rings. The Balaban J connectivity index is 1.41. The van der Waals surface area contributed by atoms with Crippen LogP contribution < -0.4 is 10.6 Å². The Kier molecular flexibility index (Phi) is 7.05. The molecule has 2 N–H and O–H groups in total. The van der Waals surface area contributed by atoms with Gasteiger partial charge in [0, 0.05) is 29.2 Å². The van der Waals surface area contributed by atoms with Crippen molar-refractivity contribution in [1.82, 2.24) is 14.9 Å². The average Bonchev–Trinajstić information content (AvgIpc) is 3.14. The summed E-state index contributed by atoms with van der Waals surface area (Å²) in [7, 11) is 0. The number of anilines is 1. The molecule has 0 bridgehead atoms. The van der Waals surface area contributed by atoms with Crippen LogP contribution in [-0.2, 0) is 17.8 Å². The van der Waals surface area contributed by atoms with Gasteiger partial charge in [-0.05, 0) is 55.8 Å². The van der Waals surface area contributed by atoms with Gasteiger partial charge in [-0.2, -0.15) is 0 Å². The van der Waals surface area contributed by atoms with Gasteiger partial charge in [-0.25, -0.2) is 4.98 Å².